The Morgan fingerprint density at radius 3 is 2.89 bits per heavy atom. The third-order valence-electron chi connectivity index (χ3n) is 2.19. The van der Waals surface area contributed by atoms with E-state index in [1.807, 2.05) is 0 Å². The minimum Gasteiger partial charge on any atom is -0.396 e. The molecule has 0 aliphatic carbocycles. The fraction of sp³-hybridized carbons (Fsp3) is 1.00. The van der Waals surface area contributed by atoms with Gasteiger partial charge in [-0.1, -0.05) is 0 Å². The van der Waals surface area contributed by atoms with E-state index in [0.717, 1.165) is 18.9 Å². The van der Waals surface area contributed by atoms with Crippen molar-refractivity contribution in [2.24, 2.45) is 5.92 Å². The third kappa shape index (κ3) is 1.66. The van der Waals surface area contributed by atoms with E-state index in [1.165, 1.54) is 6.42 Å². The molecule has 1 aliphatic rings. The number of hydrogen-bond donors (Lipinski definition) is 2. The Morgan fingerprint density at radius 1 is 1.67 bits per heavy atom. The van der Waals surface area contributed by atoms with Gasteiger partial charge >= 0.3 is 0 Å². The molecule has 1 aliphatic heterocycles. The highest BCUT2D eigenvalue weighted by molar-refractivity contribution is 4.79. The molecule has 2 nitrogen and oxygen atoms in total. The Balaban J connectivity index is 2.22. The molecular formula is C7H15NO. The van der Waals surface area contributed by atoms with Gasteiger partial charge < -0.3 is 10.4 Å². The van der Waals surface area contributed by atoms with E-state index in [9.17, 15) is 0 Å². The second-order valence-electron chi connectivity index (χ2n) is 2.80. The number of aliphatic hydroxyl groups excluding tert-OH is 1. The summed E-state index contributed by atoms with van der Waals surface area (Å²) in [6, 6.07) is 0.622. The number of rotatable bonds is 2. The van der Waals surface area contributed by atoms with Crippen molar-refractivity contribution in [3.05, 3.63) is 0 Å². The summed E-state index contributed by atoms with van der Waals surface area (Å²) in [4.78, 5) is 0. The van der Waals surface area contributed by atoms with Crippen LogP contribution in [-0.4, -0.2) is 24.3 Å². The standard InChI is InChI=1S/C7H15NO/c1-6-7(3-5-9)2-4-8-6/h6-9H,2-5H2,1H3/t6-,7-/m1/s1. The third-order valence-corrected chi connectivity index (χ3v) is 2.19. The lowest BCUT2D eigenvalue weighted by Gasteiger charge is -2.11. The van der Waals surface area contributed by atoms with Gasteiger partial charge in [0.1, 0.15) is 0 Å². The molecule has 0 saturated carbocycles. The molecule has 0 radical (unpaired) electrons. The topological polar surface area (TPSA) is 32.3 Å². The van der Waals surface area contributed by atoms with E-state index in [-0.39, 0.29) is 0 Å². The van der Waals surface area contributed by atoms with Gasteiger partial charge in [0.25, 0.3) is 0 Å². The van der Waals surface area contributed by atoms with E-state index in [0.29, 0.717) is 12.6 Å². The zero-order valence-corrected chi connectivity index (χ0v) is 5.93. The molecule has 1 rings (SSSR count). The highest BCUT2D eigenvalue weighted by Gasteiger charge is 2.21. The summed E-state index contributed by atoms with van der Waals surface area (Å²) in [5.74, 6) is 0.718. The molecule has 0 aromatic heterocycles. The van der Waals surface area contributed by atoms with Crippen LogP contribution in [0.2, 0.25) is 0 Å². The first kappa shape index (κ1) is 7.03. The molecule has 1 fully saturated rings. The molecule has 2 heteroatoms. The van der Waals surface area contributed by atoms with Crippen molar-refractivity contribution >= 4 is 0 Å². The Labute approximate surface area is 56.3 Å². The second kappa shape index (κ2) is 3.18. The van der Waals surface area contributed by atoms with Crippen LogP contribution in [0.4, 0.5) is 0 Å². The van der Waals surface area contributed by atoms with Gasteiger partial charge in [0.05, 0.1) is 0 Å². The molecule has 0 aromatic carbocycles. The molecule has 1 heterocycles. The molecule has 9 heavy (non-hydrogen) atoms. The highest BCUT2D eigenvalue weighted by Crippen LogP contribution is 2.17. The fourth-order valence-corrected chi connectivity index (χ4v) is 1.47. The number of hydrogen-bond acceptors (Lipinski definition) is 2. The SMILES string of the molecule is C[C@H]1NCC[C@@H]1CCO. The van der Waals surface area contributed by atoms with Crippen molar-refractivity contribution in [1.82, 2.24) is 5.32 Å². The lowest BCUT2D eigenvalue weighted by Crippen LogP contribution is -2.23. The summed E-state index contributed by atoms with van der Waals surface area (Å²) in [6.07, 6.45) is 2.20. The quantitative estimate of drug-likeness (QED) is 0.564. The largest absolute Gasteiger partial charge is 0.396 e. The maximum atomic E-state index is 8.62. The van der Waals surface area contributed by atoms with Crippen LogP contribution in [-0.2, 0) is 0 Å². The molecule has 0 bridgehead atoms. The van der Waals surface area contributed by atoms with Crippen molar-refractivity contribution in [2.45, 2.75) is 25.8 Å². The van der Waals surface area contributed by atoms with Crippen LogP contribution in [0.5, 0.6) is 0 Å². The molecule has 0 amide bonds. The van der Waals surface area contributed by atoms with Crippen LogP contribution in [0, 0.1) is 5.92 Å². The first-order chi connectivity index (χ1) is 4.34. The summed E-state index contributed by atoms with van der Waals surface area (Å²) in [5.41, 5.74) is 0. The van der Waals surface area contributed by atoms with Gasteiger partial charge in [-0.25, -0.2) is 0 Å². The van der Waals surface area contributed by atoms with E-state index >= 15 is 0 Å². The molecule has 0 unspecified atom stereocenters. The van der Waals surface area contributed by atoms with Gasteiger partial charge in [-0.05, 0) is 32.2 Å². The zero-order valence-electron chi connectivity index (χ0n) is 5.93. The Bertz CT molecular complexity index is 85.0. The van der Waals surface area contributed by atoms with Gasteiger partial charge in [0, 0.05) is 12.6 Å². The van der Waals surface area contributed by atoms with Gasteiger partial charge in [-0.2, -0.15) is 0 Å². The molecule has 54 valence electrons. The van der Waals surface area contributed by atoms with E-state index in [2.05, 4.69) is 12.2 Å². The van der Waals surface area contributed by atoms with Gasteiger partial charge in [0.15, 0.2) is 0 Å². The average Bonchev–Trinajstić information content (AvgIpc) is 2.18. The summed E-state index contributed by atoms with van der Waals surface area (Å²) in [6.45, 7) is 3.66. The van der Waals surface area contributed by atoms with Crippen LogP contribution >= 0.6 is 0 Å². The minimum atomic E-state index is 0.344. The highest BCUT2D eigenvalue weighted by atomic mass is 16.3. The van der Waals surface area contributed by atoms with Crippen LogP contribution < -0.4 is 5.32 Å². The van der Waals surface area contributed by atoms with Crippen LogP contribution in [0.15, 0.2) is 0 Å². The summed E-state index contributed by atoms with van der Waals surface area (Å²) < 4.78 is 0. The van der Waals surface area contributed by atoms with Crippen molar-refractivity contribution < 1.29 is 5.11 Å². The summed E-state index contributed by atoms with van der Waals surface area (Å²) in [5, 5.41) is 12.0. The minimum absolute atomic E-state index is 0.344. The van der Waals surface area contributed by atoms with Crippen LogP contribution in [0.3, 0.4) is 0 Å². The molecule has 2 N–H and O–H groups in total. The Hall–Kier alpha value is -0.0800. The first-order valence-corrected chi connectivity index (χ1v) is 3.69. The van der Waals surface area contributed by atoms with E-state index in [4.69, 9.17) is 5.11 Å². The monoisotopic (exact) mass is 129 g/mol. The smallest absolute Gasteiger partial charge is 0.0434 e. The Kier molecular flexibility index (Phi) is 2.49. The number of nitrogens with one attached hydrogen (secondary N) is 1. The molecular weight excluding hydrogens is 114 g/mol. The van der Waals surface area contributed by atoms with Crippen molar-refractivity contribution in [2.75, 3.05) is 13.2 Å². The van der Waals surface area contributed by atoms with Crippen molar-refractivity contribution in [1.29, 1.82) is 0 Å². The fourth-order valence-electron chi connectivity index (χ4n) is 1.47. The van der Waals surface area contributed by atoms with Crippen molar-refractivity contribution in [3.63, 3.8) is 0 Å². The number of aliphatic hydroxyl groups is 1. The van der Waals surface area contributed by atoms with Gasteiger partial charge in [-0.15, -0.1) is 0 Å². The van der Waals surface area contributed by atoms with Gasteiger partial charge in [-0.3, -0.25) is 0 Å². The van der Waals surface area contributed by atoms with E-state index < -0.39 is 0 Å². The molecule has 2 atom stereocenters. The lowest BCUT2D eigenvalue weighted by atomic mass is 9.99. The molecule has 0 spiro atoms. The van der Waals surface area contributed by atoms with Crippen molar-refractivity contribution in [3.8, 4) is 0 Å². The lowest BCUT2D eigenvalue weighted by molar-refractivity contribution is 0.251. The predicted octanol–water partition coefficient (Wildman–Crippen LogP) is 0.367. The van der Waals surface area contributed by atoms with Crippen LogP contribution in [0.1, 0.15) is 19.8 Å². The Morgan fingerprint density at radius 2 is 2.44 bits per heavy atom. The summed E-state index contributed by atoms with van der Waals surface area (Å²) in [7, 11) is 0. The zero-order chi connectivity index (χ0) is 6.69. The predicted molar refractivity (Wildman–Crippen MR) is 37.3 cm³/mol. The average molecular weight is 129 g/mol. The second-order valence-corrected chi connectivity index (χ2v) is 2.80. The normalized spacial score (nSPS) is 35.3. The van der Waals surface area contributed by atoms with Gasteiger partial charge in [0.2, 0.25) is 0 Å². The maximum Gasteiger partial charge on any atom is 0.0434 e. The summed E-state index contributed by atoms with van der Waals surface area (Å²) >= 11 is 0. The molecule has 0 aromatic rings. The molecule has 1 saturated heterocycles. The van der Waals surface area contributed by atoms with E-state index in [1.54, 1.807) is 0 Å². The maximum absolute atomic E-state index is 8.62. The van der Waals surface area contributed by atoms with Crippen LogP contribution in [0.25, 0.3) is 0 Å². The first-order valence-electron chi connectivity index (χ1n) is 3.69.